The van der Waals surface area contributed by atoms with Crippen LogP contribution in [0.3, 0.4) is 0 Å². The quantitative estimate of drug-likeness (QED) is 0.0620. The fourth-order valence-electron chi connectivity index (χ4n) is 7.45. The summed E-state index contributed by atoms with van der Waals surface area (Å²) in [6.45, 7) is 4.51. The van der Waals surface area contributed by atoms with Crippen molar-refractivity contribution in [3.8, 4) is 11.5 Å². The van der Waals surface area contributed by atoms with E-state index in [9.17, 15) is 24.6 Å². The van der Waals surface area contributed by atoms with Gasteiger partial charge in [-0.3, -0.25) is 9.69 Å². The van der Waals surface area contributed by atoms with Gasteiger partial charge in [-0.05, 0) is 90.5 Å². The van der Waals surface area contributed by atoms with Crippen LogP contribution in [0.1, 0.15) is 57.6 Å². The molecule has 57 heavy (non-hydrogen) atoms. The molecular formula is C44H48N4O9. The summed E-state index contributed by atoms with van der Waals surface area (Å²) in [6.07, 6.45) is 0.735. The lowest BCUT2D eigenvalue weighted by atomic mass is 9.86. The smallest absolute Gasteiger partial charge is 0.408 e. The van der Waals surface area contributed by atoms with Gasteiger partial charge in [-0.15, -0.1) is 0 Å². The molecule has 2 bridgehead atoms. The number of phenols is 1. The van der Waals surface area contributed by atoms with Crippen molar-refractivity contribution < 1.29 is 38.7 Å². The fraction of sp³-hybridized carbons (Fsp3) is 0.341. The summed E-state index contributed by atoms with van der Waals surface area (Å²) in [4.78, 5) is 42.4. The van der Waals surface area contributed by atoms with Gasteiger partial charge in [-0.2, -0.15) is 0 Å². The molecule has 0 spiro atoms. The molecular weight excluding hydrogens is 729 g/mol. The Bertz CT molecular complexity index is 2170. The molecule has 298 valence electrons. The van der Waals surface area contributed by atoms with Gasteiger partial charge in [-0.1, -0.05) is 60.7 Å². The first-order valence-electron chi connectivity index (χ1n) is 19.4. The summed E-state index contributed by atoms with van der Waals surface area (Å²) >= 11 is 0. The van der Waals surface area contributed by atoms with E-state index in [0.29, 0.717) is 41.3 Å². The summed E-state index contributed by atoms with van der Waals surface area (Å²) in [5.41, 5.74) is 3.58. The van der Waals surface area contributed by atoms with Crippen LogP contribution < -0.4 is 20.9 Å². The Morgan fingerprint density at radius 2 is 1.67 bits per heavy atom. The number of pyridine rings is 1. The number of hydrogen-bond donors (Lipinski definition) is 5. The lowest BCUT2D eigenvalue weighted by Crippen LogP contribution is -2.52. The average Bonchev–Trinajstić information content (AvgIpc) is 3.24. The standard InChI is InChI=1S/C44H48N4O9/c49-37-15-13-35(36-14-16-40(51)46-42(36)37)38(50)26-45-19-22-54-23-24-55-43(52)32-11-9-29(10-12-32)28-56-34-8-4-7-33(25-34)41(31-5-2-1-3-6-31)47-44(53)57-39-27-48-20-17-30(39)18-21-48/h1-16,25,30,38-39,41,45,49-50H,17-24,26-28H2,(H,46,51)(H,47,53)/t38-,39-,41?/m0/s1. The molecule has 5 N–H and O–H groups in total. The van der Waals surface area contributed by atoms with Gasteiger partial charge in [0.2, 0.25) is 5.56 Å². The van der Waals surface area contributed by atoms with Gasteiger partial charge in [0.05, 0.1) is 36.4 Å². The Morgan fingerprint density at radius 1 is 0.877 bits per heavy atom. The van der Waals surface area contributed by atoms with Gasteiger partial charge in [-0.25, -0.2) is 9.59 Å². The number of aliphatic hydroxyl groups excluding tert-OH is 1. The Balaban J connectivity index is 0.825. The Kier molecular flexibility index (Phi) is 13.1. The third kappa shape index (κ3) is 10.4. The van der Waals surface area contributed by atoms with E-state index in [1.807, 2.05) is 66.7 Å². The lowest BCUT2D eigenvalue weighted by Gasteiger charge is -2.43. The van der Waals surface area contributed by atoms with Gasteiger partial charge >= 0.3 is 12.1 Å². The number of fused-ring (bicyclic) bond motifs is 4. The van der Waals surface area contributed by atoms with Crippen LogP contribution >= 0.6 is 0 Å². The van der Waals surface area contributed by atoms with Crippen LogP contribution in [-0.4, -0.2) is 90.8 Å². The number of carbonyl (C=O) groups is 2. The van der Waals surface area contributed by atoms with Crippen molar-refractivity contribution in [2.75, 3.05) is 52.5 Å². The van der Waals surface area contributed by atoms with Crippen molar-refractivity contribution >= 4 is 23.0 Å². The fourth-order valence-corrected chi connectivity index (χ4v) is 7.45. The van der Waals surface area contributed by atoms with Crippen LogP contribution in [0.5, 0.6) is 11.5 Å². The number of H-pyrrole nitrogens is 1. The van der Waals surface area contributed by atoms with E-state index < -0.39 is 24.2 Å². The largest absolute Gasteiger partial charge is 0.506 e. The zero-order chi connectivity index (χ0) is 39.6. The van der Waals surface area contributed by atoms with Crippen LogP contribution in [0.25, 0.3) is 10.9 Å². The number of piperidine rings is 3. The number of amides is 1. The van der Waals surface area contributed by atoms with Gasteiger partial charge in [0, 0.05) is 31.1 Å². The number of aliphatic hydroxyl groups is 1. The predicted molar refractivity (Wildman–Crippen MR) is 213 cm³/mol. The molecule has 0 radical (unpaired) electrons. The molecule has 0 aliphatic carbocycles. The number of esters is 1. The van der Waals surface area contributed by atoms with Crippen molar-refractivity contribution in [3.05, 3.63) is 141 Å². The second kappa shape index (κ2) is 18.9. The van der Waals surface area contributed by atoms with Crippen LogP contribution in [0.15, 0.2) is 108 Å². The van der Waals surface area contributed by atoms with Crippen molar-refractivity contribution in [2.45, 2.75) is 37.7 Å². The number of aromatic nitrogens is 1. The molecule has 3 saturated heterocycles. The highest BCUT2D eigenvalue weighted by Crippen LogP contribution is 2.31. The van der Waals surface area contributed by atoms with E-state index in [0.717, 1.165) is 49.2 Å². The Morgan fingerprint density at radius 3 is 2.44 bits per heavy atom. The summed E-state index contributed by atoms with van der Waals surface area (Å²) in [7, 11) is 0. The highest BCUT2D eigenvalue weighted by Gasteiger charge is 2.37. The molecule has 1 amide bonds. The van der Waals surface area contributed by atoms with Crippen molar-refractivity contribution in [2.24, 2.45) is 5.92 Å². The normalized spacial score (nSPS) is 18.4. The van der Waals surface area contributed by atoms with Gasteiger partial charge in [0.1, 0.15) is 30.8 Å². The first-order valence-corrected chi connectivity index (χ1v) is 19.4. The summed E-state index contributed by atoms with van der Waals surface area (Å²) in [6, 6.07) is 30.0. The molecule has 4 aromatic carbocycles. The Hall–Kier alpha value is -5.73. The summed E-state index contributed by atoms with van der Waals surface area (Å²) < 4.78 is 23.0. The molecule has 3 aliphatic heterocycles. The number of aromatic amines is 1. The number of phenolic OH excluding ortho intramolecular Hbond substituents is 1. The van der Waals surface area contributed by atoms with Gasteiger partial charge in [0.15, 0.2) is 0 Å². The maximum Gasteiger partial charge on any atom is 0.408 e. The van der Waals surface area contributed by atoms with Crippen LogP contribution in [-0.2, 0) is 20.8 Å². The van der Waals surface area contributed by atoms with E-state index in [-0.39, 0.29) is 49.3 Å². The topological polar surface area (TPSA) is 172 Å². The first-order chi connectivity index (χ1) is 27.8. The average molecular weight is 777 g/mol. The van der Waals surface area contributed by atoms with Crippen LogP contribution in [0.4, 0.5) is 4.79 Å². The highest BCUT2D eigenvalue weighted by molar-refractivity contribution is 5.89. The molecule has 13 heteroatoms. The Labute approximate surface area is 330 Å². The number of hydrogen-bond acceptors (Lipinski definition) is 11. The molecule has 1 unspecified atom stereocenters. The maximum absolute atomic E-state index is 13.2. The first kappa shape index (κ1) is 39.5. The zero-order valence-corrected chi connectivity index (χ0v) is 31.6. The van der Waals surface area contributed by atoms with E-state index in [1.165, 1.54) is 12.1 Å². The van der Waals surface area contributed by atoms with Crippen molar-refractivity contribution in [1.29, 1.82) is 0 Å². The number of rotatable bonds is 17. The minimum Gasteiger partial charge on any atom is -0.506 e. The molecule has 1 aromatic heterocycles. The monoisotopic (exact) mass is 776 g/mol. The van der Waals surface area contributed by atoms with E-state index >= 15 is 0 Å². The number of benzene rings is 4. The number of nitrogens with one attached hydrogen (secondary N) is 3. The number of carbonyl (C=O) groups excluding carboxylic acids is 2. The second-order valence-electron chi connectivity index (χ2n) is 14.4. The molecule has 4 heterocycles. The summed E-state index contributed by atoms with van der Waals surface area (Å²) in [5.74, 6) is 0.526. The lowest BCUT2D eigenvalue weighted by molar-refractivity contribution is -0.0336. The molecule has 3 atom stereocenters. The molecule has 13 nitrogen and oxygen atoms in total. The highest BCUT2D eigenvalue weighted by atomic mass is 16.6. The number of nitrogens with zero attached hydrogens (tertiary/aromatic N) is 1. The predicted octanol–water partition coefficient (Wildman–Crippen LogP) is 5.22. The molecule has 5 aromatic rings. The van der Waals surface area contributed by atoms with Crippen LogP contribution in [0, 0.1) is 5.92 Å². The molecule has 8 rings (SSSR count). The maximum atomic E-state index is 13.2. The van der Waals surface area contributed by atoms with Gasteiger partial charge in [0.25, 0.3) is 0 Å². The molecule has 0 saturated carbocycles. The van der Waals surface area contributed by atoms with Crippen molar-refractivity contribution in [3.63, 3.8) is 0 Å². The zero-order valence-electron chi connectivity index (χ0n) is 31.6. The number of aromatic hydroxyl groups is 1. The van der Waals surface area contributed by atoms with E-state index in [2.05, 4.69) is 20.5 Å². The van der Waals surface area contributed by atoms with Gasteiger partial charge < -0.3 is 44.8 Å². The molecule has 3 fully saturated rings. The number of ether oxygens (including phenoxy) is 4. The second-order valence-corrected chi connectivity index (χ2v) is 14.4. The third-order valence-electron chi connectivity index (χ3n) is 10.5. The van der Waals surface area contributed by atoms with E-state index in [1.54, 1.807) is 24.3 Å². The number of alkyl carbamates (subject to hydrolysis) is 1. The minimum atomic E-state index is -0.873. The van der Waals surface area contributed by atoms with Crippen molar-refractivity contribution in [1.82, 2.24) is 20.5 Å². The van der Waals surface area contributed by atoms with Crippen LogP contribution in [0.2, 0.25) is 0 Å². The van der Waals surface area contributed by atoms with E-state index in [4.69, 9.17) is 18.9 Å². The minimum absolute atomic E-state index is 0.0654. The summed E-state index contributed by atoms with van der Waals surface area (Å²) in [5, 5.41) is 27.5. The third-order valence-corrected chi connectivity index (χ3v) is 10.5. The SMILES string of the molecule is O=C(NC(c1ccccc1)c1cccc(OCc2ccc(C(=O)OCCOCCNC[C@H](O)c3ccc(O)c4[nH]c(=O)ccc34)cc2)c1)O[C@H]1CN2CCC1CC2. The molecule has 3 aliphatic rings.